The fourth-order valence-electron chi connectivity index (χ4n) is 2.34. The Kier molecular flexibility index (Phi) is 5.93. The molecule has 2 aromatic heterocycles. The van der Waals surface area contributed by atoms with Crippen LogP contribution in [0.4, 0.5) is 18.9 Å². The van der Waals surface area contributed by atoms with Crippen molar-refractivity contribution >= 4 is 23.4 Å². The van der Waals surface area contributed by atoms with E-state index in [1.165, 1.54) is 23.9 Å². The van der Waals surface area contributed by atoms with Gasteiger partial charge in [0, 0.05) is 11.9 Å². The molecule has 3 aromatic rings. The Morgan fingerprint density at radius 2 is 1.82 bits per heavy atom. The van der Waals surface area contributed by atoms with Gasteiger partial charge >= 0.3 is 6.18 Å². The van der Waals surface area contributed by atoms with Crippen molar-refractivity contribution in [2.75, 3.05) is 11.1 Å². The van der Waals surface area contributed by atoms with E-state index in [0.717, 1.165) is 12.1 Å². The number of hydrogen-bond acceptors (Lipinski definition) is 5. The number of nitrogens with zero attached hydrogens (tertiary/aromatic N) is 3. The Hall–Kier alpha value is -2.94. The van der Waals surface area contributed by atoms with E-state index < -0.39 is 11.7 Å². The fourth-order valence-corrected chi connectivity index (χ4v) is 3.08. The van der Waals surface area contributed by atoms with Crippen LogP contribution in [0, 0.1) is 6.92 Å². The molecule has 9 heteroatoms. The summed E-state index contributed by atoms with van der Waals surface area (Å²) in [7, 11) is 0. The molecule has 0 aliphatic carbocycles. The molecule has 2 heterocycles. The predicted molar refractivity (Wildman–Crippen MR) is 101 cm³/mol. The first kappa shape index (κ1) is 19.8. The highest BCUT2D eigenvalue weighted by molar-refractivity contribution is 7.99. The van der Waals surface area contributed by atoms with Gasteiger partial charge in [-0.05, 0) is 49.4 Å². The largest absolute Gasteiger partial charge is 0.416 e. The number of thioether (sulfide) groups is 1. The third kappa shape index (κ3) is 5.29. The second kappa shape index (κ2) is 8.39. The number of hydrogen-bond donors (Lipinski definition) is 1. The Morgan fingerprint density at radius 3 is 2.46 bits per heavy atom. The molecule has 0 radical (unpaired) electrons. The Morgan fingerprint density at radius 1 is 1.07 bits per heavy atom. The summed E-state index contributed by atoms with van der Waals surface area (Å²) in [5.74, 6) is 0.258. The van der Waals surface area contributed by atoms with E-state index >= 15 is 0 Å². The lowest BCUT2D eigenvalue weighted by molar-refractivity contribution is -0.137. The molecule has 0 fully saturated rings. The Labute approximate surface area is 163 Å². The molecule has 5 nitrogen and oxygen atoms in total. The van der Waals surface area contributed by atoms with Crippen LogP contribution in [0.25, 0.3) is 11.4 Å². The van der Waals surface area contributed by atoms with Crippen molar-refractivity contribution in [3.8, 4) is 11.4 Å². The zero-order valence-corrected chi connectivity index (χ0v) is 15.5. The summed E-state index contributed by atoms with van der Waals surface area (Å²) < 4.78 is 37.7. The summed E-state index contributed by atoms with van der Waals surface area (Å²) in [6.07, 6.45) is -2.74. The Bertz CT molecular complexity index is 963. The molecular formula is C19H15F3N4OS. The van der Waals surface area contributed by atoms with Gasteiger partial charge in [0.2, 0.25) is 5.91 Å². The molecule has 0 unspecified atom stereocenters. The summed E-state index contributed by atoms with van der Waals surface area (Å²) in [6, 6.07) is 11.5. The molecule has 3 rings (SSSR count). The average Bonchev–Trinajstić information content (AvgIpc) is 2.66. The number of carbonyl (C=O) groups is 1. The van der Waals surface area contributed by atoms with E-state index in [9.17, 15) is 18.0 Å². The van der Waals surface area contributed by atoms with Crippen LogP contribution in [0.5, 0.6) is 0 Å². The number of aromatic nitrogens is 3. The van der Waals surface area contributed by atoms with Gasteiger partial charge in [-0.15, -0.1) is 0 Å². The highest BCUT2D eigenvalue weighted by Crippen LogP contribution is 2.30. The van der Waals surface area contributed by atoms with Crippen LogP contribution in [0.15, 0.2) is 59.8 Å². The maximum Gasteiger partial charge on any atom is 0.416 e. The van der Waals surface area contributed by atoms with E-state index in [-0.39, 0.29) is 11.7 Å². The minimum absolute atomic E-state index is 0.0547. The summed E-state index contributed by atoms with van der Waals surface area (Å²) in [5, 5.41) is 3.18. The lowest BCUT2D eigenvalue weighted by Crippen LogP contribution is -2.14. The summed E-state index contributed by atoms with van der Waals surface area (Å²) in [5.41, 5.74) is 0.882. The SMILES string of the molecule is Cc1nc(SCC(=O)Nc2ccc(C(F)(F)F)cc2)cc(-c2ccccn2)n1. The van der Waals surface area contributed by atoms with Gasteiger partial charge in [-0.1, -0.05) is 17.8 Å². The zero-order valence-electron chi connectivity index (χ0n) is 14.7. The number of rotatable bonds is 5. The molecule has 0 aliphatic rings. The van der Waals surface area contributed by atoms with Crippen LogP contribution < -0.4 is 5.32 Å². The van der Waals surface area contributed by atoms with Crippen molar-refractivity contribution in [2.45, 2.75) is 18.1 Å². The molecule has 0 saturated heterocycles. The summed E-state index contributed by atoms with van der Waals surface area (Å²) in [4.78, 5) is 25.0. The second-order valence-corrected chi connectivity index (χ2v) is 6.76. The first-order chi connectivity index (χ1) is 13.3. The van der Waals surface area contributed by atoms with E-state index in [0.29, 0.717) is 27.9 Å². The molecule has 0 spiro atoms. The summed E-state index contributed by atoms with van der Waals surface area (Å²) >= 11 is 1.21. The van der Waals surface area contributed by atoms with Gasteiger partial charge < -0.3 is 5.32 Å². The number of benzene rings is 1. The molecule has 0 saturated carbocycles. The molecule has 0 atom stereocenters. The van der Waals surface area contributed by atoms with Crippen molar-refractivity contribution < 1.29 is 18.0 Å². The van der Waals surface area contributed by atoms with Gasteiger partial charge in [0.05, 0.1) is 22.7 Å². The van der Waals surface area contributed by atoms with Crippen LogP contribution in [0.3, 0.4) is 0 Å². The third-order valence-electron chi connectivity index (χ3n) is 3.59. The highest BCUT2D eigenvalue weighted by atomic mass is 32.2. The van der Waals surface area contributed by atoms with E-state index in [1.807, 2.05) is 12.1 Å². The number of anilines is 1. The Balaban J connectivity index is 1.62. The fraction of sp³-hybridized carbons (Fsp3) is 0.158. The van der Waals surface area contributed by atoms with E-state index in [4.69, 9.17) is 0 Å². The number of amides is 1. The van der Waals surface area contributed by atoms with Crippen LogP contribution in [0.1, 0.15) is 11.4 Å². The molecule has 1 N–H and O–H groups in total. The first-order valence-electron chi connectivity index (χ1n) is 8.18. The van der Waals surface area contributed by atoms with Crippen molar-refractivity contribution in [1.82, 2.24) is 15.0 Å². The summed E-state index contributed by atoms with van der Waals surface area (Å²) in [6.45, 7) is 1.75. The van der Waals surface area contributed by atoms with Crippen LogP contribution in [-0.2, 0) is 11.0 Å². The van der Waals surface area contributed by atoms with Crippen molar-refractivity contribution in [1.29, 1.82) is 0 Å². The van der Waals surface area contributed by atoms with Gasteiger partial charge in [-0.2, -0.15) is 13.2 Å². The van der Waals surface area contributed by atoms with Gasteiger partial charge in [0.15, 0.2) is 0 Å². The van der Waals surface area contributed by atoms with Crippen molar-refractivity contribution in [3.05, 3.63) is 66.1 Å². The number of alkyl halides is 3. The number of halogens is 3. The zero-order chi connectivity index (χ0) is 20.1. The third-order valence-corrected chi connectivity index (χ3v) is 4.50. The normalized spacial score (nSPS) is 11.3. The van der Waals surface area contributed by atoms with Crippen LogP contribution in [0.2, 0.25) is 0 Å². The standard InChI is InChI=1S/C19H15F3N4OS/c1-12-24-16(15-4-2-3-9-23-15)10-18(25-12)28-11-17(27)26-14-7-5-13(6-8-14)19(20,21)22/h2-10H,11H2,1H3,(H,26,27). The van der Waals surface area contributed by atoms with Crippen LogP contribution in [-0.4, -0.2) is 26.6 Å². The number of pyridine rings is 1. The molecule has 0 aliphatic heterocycles. The number of nitrogens with one attached hydrogen (secondary N) is 1. The molecule has 1 amide bonds. The minimum atomic E-state index is -4.41. The quantitative estimate of drug-likeness (QED) is 0.497. The second-order valence-electron chi connectivity index (χ2n) is 5.77. The van der Waals surface area contributed by atoms with E-state index in [1.54, 1.807) is 25.3 Å². The topological polar surface area (TPSA) is 67.8 Å². The molecule has 0 bridgehead atoms. The molecule has 144 valence electrons. The van der Waals surface area contributed by atoms with Gasteiger partial charge in [-0.3, -0.25) is 9.78 Å². The maximum atomic E-state index is 12.6. The highest BCUT2D eigenvalue weighted by Gasteiger charge is 2.29. The average molecular weight is 404 g/mol. The number of aryl methyl sites for hydroxylation is 1. The first-order valence-corrected chi connectivity index (χ1v) is 9.17. The van der Waals surface area contributed by atoms with E-state index in [2.05, 4.69) is 20.3 Å². The minimum Gasteiger partial charge on any atom is -0.325 e. The predicted octanol–water partition coefficient (Wildman–Crippen LogP) is 4.60. The van der Waals surface area contributed by atoms with Crippen LogP contribution >= 0.6 is 11.8 Å². The van der Waals surface area contributed by atoms with Gasteiger partial charge in [0.1, 0.15) is 10.9 Å². The van der Waals surface area contributed by atoms with Crippen molar-refractivity contribution in [3.63, 3.8) is 0 Å². The molecule has 28 heavy (non-hydrogen) atoms. The smallest absolute Gasteiger partial charge is 0.325 e. The maximum absolute atomic E-state index is 12.6. The lowest BCUT2D eigenvalue weighted by atomic mass is 10.2. The van der Waals surface area contributed by atoms with Gasteiger partial charge in [0.25, 0.3) is 0 Å². The monoisotopic (exact) mass is 404 g/mol. The number of carbonyl (C=O) groups excluding carboxylic acids is 1. The molecule has 1 aromatic carbocycles. The van der Waals surface area contributed by atoms with Crippen molar-refractivity contribution in [2.24, 2.45) is 0 Å². The molecular weight excluding hydrogens is 389 g/mol. The van der Waals surface area contributed by atoms with Gasteiger partial charge in [-0.25, -0.2) is 9.97 Å². The lowest BCUT2D eigenvalue weighted by Gasteiger charge is -2.09.